The van der Waals surface area contributed by atoms with E-state index < -0.39 is 17.0 Å². The first-order valence-electron chi connectivity index (χ1n) is 10.00. The van der Waals surface area contributed by atoms with Crippen molar-refractivity contribution in [3.05, 3.63) is 92.0 Å². The quantitative estimate of drug-likeness (QED) is 0.496. The zero-order valence-corrected chi connectivity index (χ0v) is 17.9. The van der Waals surface area contributed by atoms with Crippen LogP contribution in [0, 0.1) is 0 Å². The van der Waals surface area contributed by atoms with Crippen molar-refractivity contribution in [2.24, 2.45) is 14.1 Å². The van der Waals surface area contributed by atoms with Gasteiger partial charge >= 0.3 is 0 Å². The van der Waals surface area contributed by atoms with Crippen LogP contribution in [-0.2, 0) is 14.1 Å². The number of fused-ring (bicyclic) bond motifs is 2. The van der Waals surface area contributed by atoms with E-state index in [2.05, 4.69) is 0 Å². The summed E-state index contributed by atoms with van der Waals surface area (Å²) in [6.07, 6.45) is 1.73. The Morgan fingerprint density at radius 2 is 1.16 bits per heavy atom. The number of aromatic nitrogens is 2. The van der Waals surface area contributed by atoms with Crippen LogP contribution >= 0.6 is 0 Å². The summed E-state index contributed by atoms with van der Waals surface area (Å²) in [5.41, 5.74) is 1.28. The van der Waals surface area contributed by atoms with Crippen molar-refractivity contribution in [3.8, 4) is 11.5 Å². The maximum atomic E-state index is 13.4. The third kappa shape index (κ3) is 3.11. The zero-order valence-electron chi connectivity index (χ0n) is 17.9. The molecule has 4 aromatic rings. The van der Waals surface area contributed by atoms with Crippen LogP contribution < -0.4 is 11.1 Å². The number of benzene rings is 2. The highest BCUT2D eigenvalue weighted by atomic mass is 16.3. The lowest BCUT2D eigenvalue weighted by Gasteiger charge is -2.21. The molecule has 0 saturated carbocycles. The molecule has 6 nitrogen and oxygen atoms in total. The minimum atomic E-state index is -0.920. The number of allylic oxidation sites excluding steroid dienone is 2. The van der Waals surface area contributed by atoms with Crippen molar-refractivity contribution in [2.75, 3.05) is 0 Å². The molecular formula is C25H24N2O4. The molecule has 0 fully saturated rings. The normalized spacial score (nSPS) is 11.4. The van der Waals surface area contributed by atoms with Crippen LogP contribution in [0.15, 0.2) is 69.8 Å². The molecule has 0 bridgehead atoms. The van der Waals surface area contributed by atoms with Crippen LogP contribution in [0.4, 0.5) is 0 Å². The van der Waals surface area contributed by atoms with E-state index in [1.165, 1.54) is 9.13 Å². The fraction of sp³-hybridized carbons (Fsp3) is 0.200. The Morgan fingerprint density at radius 1 is 0.774 bits per heavy atom. The Morgan fingerprint density at radius 3 is 1.55 bits per heavy atom. The number of aromatic hydroxyl groups is 2. The molecular weight excluding hydrogens is 392 g/mol. The predicted octanol–water partition coefficient (Wildman–Crippen LogP) is 3.90. The van der Waals surface area contributed by atoms with E-state index in [1.54, 1.807) is 68.7 Å². The Bertz CT molecular complexity index is 1380. The lowest BCUT2D eigenvalue weighted by atomic mass is 9.88. The molecule has 0 amide bonds. The fourth-order valence-electron chi connectivity index (χ4n) is 4.21. The van der Waals surface area contributed by atoms with Gasteiger partial charge in [0, 0.05) is 30.8 Å². The summed E-state index contributed by atoms with van der Waals surface area (Å²) in [6.45, 7) is 3.69. The molecule has 0 atom stereocenters. The van der Waals surface area contributed by atoms with E-state index in [0.29, 0.717) is 21.8 Å². The van der Waals surface area contributed by atoms with Crippen LogP contribution in [-0.4, -0.2) is 19.3 Å². The van der Waals surface area contributed by atoms with Gasteiger partial charge in [0.25, 0.3) is 11.1 Å². The van der Waals surface area contributed by atoms with Crippen LogP contribution in [0.3, 0.4) is 0 Å². The molecule has 2 aromatic carbocycles. The first-order valence-corrected chi connectivity index (χ1v) is 10.00. The Labute approximate surface area is 178 Å². The molecule has 0 saturated heterocycles. The number of aryl methyl sites for hydroxylation is 2. The van der Waals surface area contributed by atoms with Gasteiger partial charge in [-0.1, -0.05) is 35.9 Å². The number of rotatable bonds is 3. The average molecular weight is 416 g/mol. The molecule has 158 valence electrons. The Kier molecular flexibility index (Phi) is 4.93. The summed E-state index contributed by atoms with van der Waals surface area (Å²) < 4.78 is 2.91. The lowest BCUT2D eigenvalue weighted by Crippen LogP contribution is -2.29. The lowest BCUT2D eigenvalue weighted by molar-refractivity contribution is 0.461. The minimum Gasteiger partial charge on any atom is -0.507 e. The van der Waals surface area contributed by atoms with Gasteiger partial charge in [0.2, 0.25) is 0 Å². The molecule has 31 heavy (non-hydrogen) atoms. The molecule has 0 spiro atoms. The average Bonchev–Trinajstić information content (AvgIpc) is 2.76. The number of hydrogen-bond acceptors (Lipinski definition) is 4. The van der Waals surface area contributed by atoms with Gasteiger partial charge in [0.1, 0.15) is 11.5 Å². The van der Waals surface area contributed by atoms with Crippen molar-refractivity contribution in [1.82, 2.24) is 9.13 Å². The van der Waals surface area contributed by atoms with Gasteiger partial charge in [-0.15, -0.1) is 0 Å². The Balaban J connectivity index is 2.18. The van der Waals surface area contributed by atoms with E-state index in [9.17, 15) is 19.8 Å². The van der Waals surface area contributed by atoms with E-state index >= 15 is 0 Å². The number of hydrogen-bond donors (Lipinski definition) is 2. The van der Waals surface area contributed by atoms with E-state index in [4.69, 9.17) is 0 Å². The third-order valence-electron chi connectivity index (χ3n) is 5.74. The number of pyridine rings is 2. The fourth-order valence-corrected chi connectivity index (χ4v) is 4.21. The van der Waals surface area contributed by atoms with Crippen LogP contribution in [0.1, 0.15) is 30.9 Å². The second-order valence-corrected chi connectivity index (χ2v) is 8.01. The van der Waals surface area contributed by atoms with E-state index in [-0.39, 0.29) is 22.6 Å². The first kappa shape index (κ1) is 20.5. The molecule has 0 aliphatic carbocycles. The summed E-state index contributed by atoms with van der Waals surface area (Å²) in [4.78, 5) is 26.7. The zero-order chi connectivity index (χ0) is 22.4. The molecule has 2 aromatic heterocycles. The van der Waals surface area contributed by atoms with Crippen molar-refractivity contribution in [1.29, 1.82) is 0 Å². The van der Waals surface area contributed by atoms with Gasteiger partial charge in [0.15, 0.2) is 0 Å². The second kappa shape index (κ2) is 7.47. The third-order valence-corrected chi connectivity index (χ3v) is 5.74. The van der Waals surface area contributed by atoms with Gasteiger partial charge < -0.3 is 19.3 Å². The highest BCUT2D eigenvalue weighted by Gasteiger charge is 2.29. The summed E-state index contributed by atoms with van der Waals surface area (Å²) in [5.74, 6) is -1.29. The maximum absolute atomic E-state index is 13.4. The van der Waals surface area contributed by atoms with Crippen LogP contribution in [0.2, 0.25) is 0 Å². The number of nitrogens with zero attached hydrogens (tertiary/aromatic N) is 2. The van der Waals surface area contributed by atoms with Crippen LogP contribution in [0.5, 0.6) is 11.5 Å². The second-order valence-electron chi connectivity index (χ2n) is 8.01. The molecule has 4 rings (SSSR count). The molecule has 2 N–H and O–H groups in total. The van der Waals surface area contributed by atoms with Gasteiger partial charge in [-0.3, -0.25) is 9.59 Å². The number of para-hydroxylation sites is 2. The smallest absolute Gasteiger partial charge is 0.258 e. The molecule has 2 heterocycles. The maximum Gasteiger partial charge on any atom is 0.258 e. The van der Waals surface area contributed by atoms with Crippen LogP contribution in [0.25, 0.3) is 21.8 Å². The largest absolute Gasteiger partial charge is 0.507 e. The molecule has 0 radical (unpaired) electrons. The van der Waals surface area contributed by atoms with Crippen molar-refractivity contribution in [2.45, 2.75) is 19.8 Å². The molecule has 0 aliphatic rings. The predicted molar refractivity (Wildman–Crippen MR) is 123 cm³/mol. The van der Waals surface area contributed by atoms with E-state index in [0.717, 1.165) is 5.57 Å². The summed E-state index contributed by atoms with van der Waals surface area (Å²) in [5, 5.41) is 23.3. The SMILES string of the molecule is CC(C)=CC(c1c(O)c2ccccc2n(C)c1=O)c1c(O)c2ccccc2n(C)c1=O. The first-order chi connectivity index (χ1) is 14.7. The van der Waals surface area contributed by atoms with Gasteiger partial charge in [-0.25, -0.2) is 0 Å². The monoisotopic (exact) mass is 416 g/mol. The van der Waals surface area contributed by atoms with Gasteiger partial charge in [0.05, 0.1) is 22.2 Å². The van der Waals surface area contributed by atoms with Crippen molar-refractivity contribution >= 4 is 21.8 Å². The Hall–Kier alpha value is -3.80. The summed E-state index contributed by atoms with van der Waals surface area (Å²) in [7, 11) is 3.26. The molecule has 6 heteroatoms. The van der Waals surface area contributed by atoms with Gasteiger partial charge in [-0.2, -0.15) is 0 Å². The summed E-state index contributed by atoms with van der Waals surface area (Å²) in [6, 6.07) is 14.1. The highest BCUT2D eigenvalue weighted by molar-refractivity contribution is 5.89. The van der Waals surface area contributed by atoms with Crippen molar-refractivity contribution in [3.63, 3.8) is 0 Å². The molecule has 0 unspecified atom stereocenters. The topological polar surface area (TPSA) is 84.5 Å². The summed E-state index contributed by atoms with van der Waals surface area (Å²) >= 11 is 0. The van der Waals surface area contributed by atoms with E-state index in [1.807, 2.05) is 13.8 Å². The highest BCUT2D eigenvalue weighted by Crippen LogP contribution is 2.39. The standard InChI is InChI=1S/C25H24N2O4/c1-14(2)13-17(20-22(28)15-9-5-7-11-18(15)26(3)24(20)30)21-23(29)16-10-6-8-12-19(16)27(4)25(21)31/h5-13,17,28-29H,1-4H3. The van der Waals surface area contributed by atoms with Gasteiger partial charge in [-0.05, 0) is 38.1 Å². The van der Waals surface area contributed by atoms with Crippen molar-refractivity contribution < 1.29 is 10.2 Å². The molecule has 0 aliphatic heterocycles. The minimum absolute atomic E-state index is 0.0603.